The molecule has 4 aromatic carbocycles. The summed E-state index contributed by atoms with van der Waals surface area (Å²) in [7, 11) is 0. The van der Waals surface area contributed by atoms with Gasteiger partial charge in [-0.1, -0.05) is 108 Å². The minimum Gasteiger partial charge on any atom is -0.369 e. The first-order valence-electron chi connectivity index (χ1n) is 12.0. The average Bonchev–Trinajstić information content (AvgIpc) is 2.87. The smallest absolute Gasteiger partial charge is 0.178 e. The van der Waals surface area contributed by atoms with Gasteiger partial charge in [0.1, 0.15) is 0 Å². The normalized spacial score (nSPS) is 13.8. The largest absolute Gasteiger partial charge is 0.369 e. The lowest BCUT2D eigenvalue weighted by Crippen LogP contribution is -2.27. The first kappa shape index (κ1) is 25.0. The van der Waals surface area contributed by atoms with Crippen LogP contribution in [-0.4, -0.2) is 10.2 Å². The number of aliphatic hydroxyl groups is 2. The van der Waals surface area contributed by atoms with Crippen LogP contribution in [-0.2, 0) is 11.2 Å². The van der Waals surface area contributed by atoms with Crippen molar-refractivity contribution in [3.63, 3.8) is 0 Å². The van der Waals surface area contributed by atoms with Gasteiger partial charge >= 0.3 is 0 Å². The van der Waals surface area contributed by atoms with Crippen molar-refractivity contribution in [2.75, 3.05) is 0 Å². The lowest BCUT2D eigenvalue weighted by atomic mass is 9.83. The molecule has 4 rings (SSSR count). The summed E-state index contributed by atoms with van der Waals surface area (Å²) in [5, 5.41) is 23.7. The van der Waals surface area contributed by atoms with E-state index in [-0.39, 0.29) is 0 Å². The zero-order chi connectivity index (χ0) is 25.8. The lowest BCUT2D eigenvalue weighted by Gasteiger charge is -2.26. The molecule has 36 heavy (non-hydrogen) atoms. The van der Waals surface area contributed by atoms with Crippen LogP contribution in [0.25, 0.3) is 0 Å². The molecule has 0 aliphatic rings. The average molecular weight is 471 g/mol. The predicted molar refractivity (Wildman–Crippen MR) is 146 cm³/mol. The lowest BCUT2D eigenvalue weighted by molar-refractivity contribution is 0.143. The Bertz CT molecular complexity index is 1380. The zero-order valence-corrected chi connectivity index (χ0v) is 21.1. The molecule has 4 aromatic rings. The van der Waals surface area contributed by atoms with Crippen LogP contribution >= 0.6 is 0 Å². The Morgan fingerprint density at radius 2 is 0.861 bits per heavy atom. The van der Waals surface area contributed by atoms with Gasteiger partial charge in [0.15, 0.2) is 11.2 Å². The third kappa shape index (κ3) is 4.98. The van der Waals surface area contributed by atoms with Gasteiger partial charge in [0, 0.05) is 22.3 Å². The van der Waals surface area contributed by atoms with Crippen LogP contribution in [0.2, 0.25) is 0 Å². The Kier molecular flexibility index (Phi) is 7.14. The standard InChI is InChI=1S/C34H30O2/c1-25-17-19-31(27(3)23-25)33(35,29-13-7-5-8-14-29)21-11-12-22-34(36,30-15-9-6-10-16-30)32-20-18-26(2)24-28(32)4/h5-10,13-20,23-24,35-36H,1-4H3/t33-,34+. The summed E-state index contributed by atoms with van der Waals surface area (Å²) < 4.78 is 0. The zero-order valence-electron chi connectivity index (χ0n) is 21.1. The summed E-state index contributed by atoms with van der Waals surface area (Å²) in [4.78, 5) is 0. The van der Waals surface area contributed by atoms with E-state index in [4.69, 9.17) is 0 Å². The van der Waals surface area contributed by atoms with Crippen molar-refractivity contribution in [2.45, 2.75) is 38.9 Å². The monoisotopic (exact) mass is 470 g/mol. The van der Waals surface area contributed by atoms with Gasteiger partial charge in [-0.2, -0.15) is 0 Å². The summed E-state index contributed by atoms with van der Waals surface area (Å²) >= 11 is 0. The van der Waals surface area contributed by atoms with Crippen LogP contribution in [0.4, 0.5) is 0 Å². The highest BCUT2D eigenvalue weighted by Gasteiger charge is 2.32. The van der Waals surface area contributed by atoms with E-state index in [2.05, 4.69) is 23.7 Å². The van der Waals surface area contributed by atoms with Crippen molar-refractivity contribution in [2.24, 2.45) is 0 Å². The Labute approximate surface area is 214 Å². The SMILES string of the molecule is Cc1ccc([C@@](O)(C#CC#C[C@](O)(c2ccccc2)c2ccc(C)cc2C)c2ccccc2)c(C)c1. The molecule has 0 amide bonds. The van der Waals surface area contributed by atoms with Crippen molar-refractivity contribution in [1.82, 2.24) is 0 Å². The minimum absolute atomic E-state index is 0.666. The fourth-order valence-corrected chi connectivity index (χ4v) is 4.63. The second kappa shape index (κ2) is 10.3. The first-order valence-corrected chi connectivity index (χ1v) is 12.0. The molecule has 0 fully saturated rings. The molecule has 2 heteroatoms. The van der Waals surface area contributed by atoms with Gasteiger partial charge in [0.25, 0.3) is 0 Å². The number of aryl methyl sites for hydroxylation is 4. The minimum atomic E-state index is -1.54. The summed E-state index contributed by atoms with van der Waals surface area (Å²) in [6, 6.07) is 30.6. The fourth-order valence-electron chi connectivity index (χ4n) is 4.63. The third-order valence-electron chi connectivity index (χ3n) is 6.48. The highest BCUT2D eigenvalue weighted by atomic mass is 16.3. The fraction of sp³-hybridized carbons (Fsp3) is 0.176. The maximum absolute atomic E-state index is 11.9. The van der Waals surface area contributed by atoms with Crippen molar-refractivity contribution in [3.8, 4) is 23.7 Å². The molecular weight excluding hydrogens is 440 g/mol. The summed E-state index contributed by atoms with van der Waals surface area (Å²) in [6.07, 6.45) is 0. The molecule has 0 aromatic heterocycles. The van der Waals surface area contributed by atoms with E-state index >= 15 is 0 Å². The van der Waals surface area contributed by atoms with E-state index in [1.165, 1.54) is 0 Å². The van der Waals surface area contributed by atoms with Crippen molar-refractivity contribution < 1.29 is 10.2 Å². The molecule has 0 aliphatic heterocycles. The van der Waals surface area contributed by atoms with E-state index in [1.807, 2.05) is 125 Å². The van der Waals surface area contributed by atoms with E-state index < -0.39 is 11.2 Å². The summed E-state index contributed by atoms with van der Waals surface area (Å²) in [6.45, 7) is 7.98. The maximum Gasteiger partial charge on any atom is 0.178 e. The quantitative estimate of drug-likeness (QED) is 0.354. The molecule has 0 unspecified atom stereocenters. The van der Waals surface area contributed by atoms with Crippen LogP contribution in [0.15, 0.2) is 97.1 Å². The van der Waals surface area contributed by atoms with Crippen LogP contribution < -0.4 is 0 Å². The van der Waals surface area contributed by atoms with Crippen LogP contribution in [0, 0.1) is 51.4 Å². The predicted octanol–water partition coefficient (Wildman–Crippen LogP) is 6.10. The molecule has 178 valence electrons. The topological polar surface area (TPSA) is 40.5 Å². The maximum atomic E-state index is 11.9. The molecular formula is C34H30O2. The number of hydrogen-bond acceptors (Lipinski definition) is 2. The van der Waals surface area contributed by atoms with Crippen molar-refractivity contribution in [3.05, 3.63) is 142 Å². The molecule has 0 radical (unpaired) electrons. The number of hydrogen-bond donors (Lipinski definition) is 2. The van der Waals surface area contributed by atoms with Crippen LogP contribution in [0.3, 0.4) is 0 Å². The summed E-state index contributed by atoms with van der Waals surface area (Å²) in [5.41, 5.74) is 3.78. The van der Waals surface area contributed by atoms with Crippen molar-refractivity contribution in [1.29, 1.82) is 0 Å². The van der Waals surface area contributed by atoms with E-state index in [1.54, 1.807) is 0 Å². The highest BCUT2D eigenvalue weighted by Crippen LogP contribution is 2.33. The first-order chi connectivity index (χ1) is 17.2. The molecule has 0 aliphatic carbocycles. The molecule has 0 bridgehead atoms. The van der Waals surface area contributed by atoms with Crippen LogP contribution in [0.1, 0.15) is 44.5 Å². The second-order valence-corrected chi connectivity index (χ2v) is 9.29. The molecule has 0 heterocycles. The van der Waals surface area contributed by atoms with Gasteiger partial charge < -0.3 is 10.2 Å². The van der Waals surface area contributed by atoms with E-state index in [0.29, 0.717) is 22.3 Å². The highest BCUT2D eigenvalue weighted by molar-refractivity contribution is 5.53. The van der Waals surface area contributed by atoms with Gasteiger partial charge in [-0.25, -0.2) is 0 Å². The van der Waals surface area contributed by atoms with Crippen molar-refractivity contribution >= 4 is 0 Å². The Hall–Kier alpha value is -4.08. The Balaban J connectivity index is 1.85. The molecule has 0 spiro atoms. The van der Waals surface area contributed by atoms with Crippen LogP contribution in [0.5, 0.6) is 0 Å². The Morgan fingerprint density at radius 3 is 1.19 bits per heavy atom. The van der Waals surface area contributed by atoms with Gasteiger partial charge in [-0.15, -0.1) is 0 Å². The number of benzene rings is 4. The Morgan fingerprint density at radius 1 is 0.500 bits per heavy atom. The van der Waals surface area contributed by atoms with E-state index in [0.717, 1.165) is 22.3 Å². The van der Waals surface area contributed by atoms with E-state index in [9.17, 15) is 10.2 Å². The molecule has 0 saturated heterocycles. The summed E-state index contributed by atoms with van der Waals surface area (Å²) in [5.74, 6) is 11.8. The molecule has 0 saturated carbocycles. The second-order valence-electron chi connectivity index (χ2n) is 9.29. The van der Waals surface area contributed by atoms with Gasteiger partial charge in [-0.05, 0) is 62.5 Å². The van der Waals surface area contributed by atoms with Gasteiger partial charge in [-0.3, -0.25) is 0 Å². The molecule has 2 nitrogen and oxygen atoms in total. The molecule has 2 N–H and O–H groups in total. The third-order valence-corrected chi connectivity index (χ3v) is 6.48. The van der Waals surface area contributed by atoms with Gasteiger partial charge in [0.05, 0.1) is 0 Å². The van der Waals surface area contributed by atoms with Gasteiger partial charge in [0.2, 0.25) is 0 Å². The number of rotatable bonds is 4. The molecule has 2 atom stereocenters.